The fourth-order valence-electron chi connectivity index (χ4n) is 5.03. The third-order valence-corrected chi connectivity index (χ3v) is 6.61. The number of allylic oxidation sites excluding steroid dienone is 2. The second-order valence-electron chi connectivity index (χ2n) is 8.89. The summed E-state index contributed by atoms with van der Waals surface area (Å²) in [5.41, 5.74) is 5.60. The lowest BCUT2D eigenvalue weighted by atomic mass is 9.76. The first-order valence-corrected chi connectivity index (χ1v) is 11.9. The zero-order valence-corrected chi connectivity index (χ0v) is 19.0. The van der Waals surface area contributed by atoms with Crippen LogP contribution in [0.4, 0.5) is 11.4 Å². The molecule has 3 aromatic rings. The second-order valence-corrected chi connectivity index (χ2v) is 8.89. The van der Waals surface area contributed by atoms with E-state index in [9.17, 15) is 4.79 Å². The minimum atomic E-state index is 0.0714. The first-order valence-electron chi connectivity index (χ1n) is 11.9. The van der Waals surface area contributed by atoms with Gasteiger partial charge in [-0.15, -0.1) is 0 Å². The average Bonchev–Trinajstić information content (AvgIpc) is 3.34. The van der Waals surface area contributed by atoms with Crippen molar-refractivity contribution in [2.45, 2.75) is 44.8 Å². The van der Waals surface area contributed by atoms with E-state index < -0.39 is 0 Å². The van der Waals surface area contributed by atoms with Crippen LogP contribution >= 0.6 is 0 Å². The number of hydrogen-bond acceptors (Lipinski definition) is 3. The summed E-state index contributed by atoms with van der Waals surface area (Å²) in [7, 11) is 0. The van der Waals surface area contributed by atoms with Gasteiger partial charge in [0.2, 0.25) is 5.91 Å². The molecule has 168 valence electrons. The van der Waals surface area contributed by atoms with Gasteiger partial charge in [-0.2, -0.15) is 0 Å². The van der Waals surface area contributed by atoms with Gasteiger partial charge in [0.15, 0.2) is 0 Å². The number of hydrogen-bond donors (Lipinski definition) is 2. The van der Waals surface area contributed by atoms with Gasteiger partial charge in [-0.25, -0.2) is 0 Å². The van der Waals surface area contributed by atoms with Gasteiger partial charge < -0.3 is 15.4 Å². The Morgan fingerprint density at radius 1 is 1.03 bits per heavy atom. The Kier molecular flexibility index (Phi) is 6.16. The van der Waals surface area contributed by atoms with Crippen LogP contribution in [0.5, 0.6) is 5.75 Å². The van der Waals surface area contributed by atoms with Crippen LogP contribution in [0.15, 0.2) is 84.9 Å². The van der Waals surface area contributed by atoms with Crippen molar-refractivity contribution in [3.8, 4) is 5.75 Å². The third kappa shape index (κ3) is 4.51. The quantitative estimate of drug-likeness (QED) is 0.398. The monoisotopic (exact) mass is 438 g/mol. The van der Waals surface area contributed by atoms with E-state index in [0.717, 1.165) is 35.5 Å². The van der Waals surface area contributed by atoms with Gasteiger partial charge in [-0.05, 0) is 54.2 Å². The van der Waals surface area contributed by atoms with Gasteiger partial charge in [0, 0.05) is 29.3 Å². The highest BCUT2D eigenvalue weighted by atomic mass is 16.5. The predicted molar refractivity (Wildman–Crippen MR) is 134 cm³/mol. The van der Waals surface area contributed by atoms with E-state index >= 15 is 0 Å². The summed E-state index contributed by atoms with van der Waals surface area (Å²) in [6.07, 6.45) is 7.01. The Hall–Kier alpha value is -3.53. The van der Waals surface area contributed by atoms with Gasteiger partial charge in [-0.1, -0.05) is 67.6 Å². The smallest absolute Gasteiger partial charge is 0.224 e. The van der Waals surface area contributed by atoms with Gasteiger partial charge >= 0.3 is 0 Å². The number of nitrogens with one attached hydrogen (secondary N) is 2. The van der Waals surface area contributed by atoms with E-state index in [4.69, 9.17) is 4.74 Å². The van der Waals surface area contributed by atoms with Crippen molar-refractivity contribution in [3.63, 3.8) is 0 Å². The number of benzene rings is 3. The molecule has 0 fully saturated rings. The number of fused-ring (bicyclic) bond motifs is 3. The minimum Gasteiger partial charge on any atom is -0.489 e. The maximum absolute atomic E-state index is 12.1. The largest absolute Gasteiger partial charge is 0.489 e. The lowest BCUT2D eigenvalue weighted by Gasteiger charge is -2.38. The molecule has 1 heterocycles. The number of anilines is 2. The lowest BCUT2D eigenvalue weighted by Crippen LogP contribution is -2.29. The Labute approximate surface area is 195 Å². The number of rotatable bonds is 7. The number of carbonyl (C=O) groups is 1. The van der Waals surface area contributed by atoms with Crippen molar-refractivity contribution in [1.29, 1.82) is 0 Å². The molecule has 1 amide bonds. The Morgan fingerprint density at radius 2 is 1.85 bits per heavy atom. The molecule has 5 rings (SSSR count). The molecule has 33 heavy (non-hydrogen) atoms. The van der Waals surface area contributed by atoms with E-state index in [-0.39, 0.29) is 11.9 Å². The molecule has 0 aromatic heterocycles. The molecule has 4 heteroatoms. The second kappa shape index (κ2) is 9.53. The number of amides is 1. The highest BCUT2D eigenvalue weighted by Crippen LogP contribution is 2.51. The summed E-state index contributed by atoms with van der Waals surface area (Å²) >= 11 is 0. The van der Waals surface area contributed by atoms with Crippen molar-refractivity contribution in [3.05, 3.63) is 102 Å². The molecule has 3 atom stereocenters. The first kappa shape index (κ1) is 21.3. The van der Waals surface area contributed by atoms with Crippen LogP contribution in [0, 0.1) is 5.92 Å². The fourth-order valence-corrected chi connectivity index (χ4v) is 5.03. The summed E-state index contributed by atoms with van der Waals surface area (Å²) in [6.45, 7) is 2.57. The molecule has 3 unspecified atom stereocenters. The minimum absolute atomic E-state index is 0.0714. The highest BCUT2D eigenvalue weighted by Gasteiger charge is 2.39. The zero-order chi connectivity index (χ0) is 22.6. The van der Waals surface area contributed by atoms with Crippen molar-refractivity contribution >= 4 is 17.3 Å². The number of ether oxygens (including phenoxy) is 1. The normalized spacial score (nSPS) is 20.5. The van der Waals surface area contributed by atoms with Crippen LogP contribution in [0.2, 0.25) is 0 Å². The van der Waals surface area contributed by atoms with E-state index in [0.29, 0.717) is 24.9 Å². The summed E-state index contributed by atoms with van der Waals surface area (Å²) in [6, 6.07) is 25.0. The Morgan fingerprint density at radius 3 is 2.70 bits per heavy atom. The van der Waals surface area contributed by atoms with Crippen LogP contribution < -0.4 is 15.4 Å². The average molecular weight is 439 g/mol. The fraction of sp³-hybridized carbons (Fsp3) is 0.276. The molecule has 0 saturated carbocycles. The predicted octanol–water partition coefficient (Wildman–Crippen LogP) is 6.83. The van der Waals surface area contributed by atoms with Crippen LogP contribution in [-0.2, 0) is 11.4 Å². The summed E-state index contributed by atoms with van der Waals surface area (Å²) in [5.74, 6) is 1.72. The summed E-state index contributed by atoms with van der Waals surface area (Å²) < 4.78 is 6.29. The van der Waals surface area contributed by atoms with Crippen LogP contribution in [0.3, 0.4) is 0 Å². The molecule has 3 aromatic carbocycles. The number of carbonyl (C=O) groups excluding carboxylic acids is 1. The summed E-state index contributed by atoms with van der Waals surface area (Å²) in [4.78, 5) is 12.1. The van der Waals surface area contributed by atoms with Crippen molar-refractivity contribution in [2.75, 3.05) is 10.6 Å². The van der Waals surface area contributed by atoms with E-state index in [1.165, 1.54) is 11.1 Å². The van der Waals surface area contributed by atoms with Gasteiger partial charge in [-0.3, -0.25) is 4.79 Å². The SMILES string of the molecule is CCCC(=O)Nc1ccc2c(c1)C1C=CCC1C(c1ccccc1OCc1ccccc1)N2. The van der Waals surface area contributed by atoms with Crippen LogP contribution in [0.1, 0.15) is 54.8 Å². The molecule has 0 radical (unpaired) electrons. The van der Waals surface area contributed by atoms with E-state index in [1.807, 2.05) is 37.3 Å². The van der Waals surface area contributed by atoms with Crippen molar-refractivity contribution in [1.82, 2.24) is 0 Å². The van der Waals surface area contributed by atoms with E-state index in [1.54, 1.807) is 0 Å². The molecule has 4 nitrogen and oxygen atoms in total. The molecule has 0 spiro atoms. The zero-order valence-electron chi connectivity index (χ0n) is 19.0. The molecule has 0 saturated heterocycles. The number of para-hydroxylation sites is 1. The first-order chi connectivity index (χ1) is 16.2. The van der Waals surface area contributed by atoms with Gasteiger partial charge in [0.05, 0.1) is 6.04 Å². The standard InChI is InChI=1S/C29H30N2O2/c1-2-9-28(32)30-21-16-17-26-25(18-21)22-13-8-14-23(22)29(31-26)24-12-6-7-15-27(24)33-19-20-10-4-3-5-11-20/h3-8,10-13,15-18,22-23,29,31H,2,9,14,19H2,1H3,(H,30,32). The topological polar surface area (TPSA) is 50.4 Å². The van der Waals surface area contributed by atoms with Gasteiger partial charge in [0.25, 0.3) is 0 Å². The van der Waals surface area contributed by atoms with Gasteiger partial charge in [0.1, 0.15) is 12.4 Å². The summed E-state index contributed by atoms with van der Waals surface area (Å²) in [5, 5.41) is 6.84. The van der Waals surface area contributed by atoms with Crippen LogP contribution in [-0.4, -0.2) is 5.91 Å². The molecule has 1 aliphatic heterocycles. The van der Waals surface area contributed by atoms with Crippen molar-refractivity contribution in [2.24, 2.45) is 5.92 Å². The highest BCUT2D eigenvalue weighted by molar-refractivity contribution is 5.91. The maximum atomic E-state index is 12.1. The Balaban J connectivity index is 1.41. The Bertz CT molecular complexity index is 1160. The molecular formula is C29H30N2O2. The van der Waals surface area contributed by atoms with E-state index in [2.05, 4.69) is 65.3 Å². The van der Waals surface area contributed by atoms with Crippen molar-refractivity contribution < 1.29 is 9.53 Å². The molecule has 0 bridgehead atoms. The molecule has 1 aliphatic carbocycles. The molecule has 2 aliphatic rings. The maximum Gasteiger partial charge on any atom is 0.224 e. The molecule has 2 N–H and O–H groups in total. The lowest BCUT2D eigenvalue weighted by molar-refractivity contribution is -0.116. The third-order valence-electron chi connectivity index (χ3n) is 6.61. The van der Waals surface area contributed by atoms with Crippen LogP contribution in [0.25, 0.3) is 0 Å². The molecular weight excluding hydrogens is 408 g/mol.